The lowest BCUT2D eigenvalue weighted by Gasteiger charge is -2.20. The standard InChI is InChI=1S/C12H21BrN2S/c1-4-15(8-5-7-14(2)3)10-12-11(13)6-9-16-12/h6,9H,4-5,7-8,10H2,1-3H3. The van der Waals surface area contributed by atoms with E-state index >= 15 is 0 Å². The summed E-state index contributed by atoms with van der Waals surface area (Å²) in [4.78, 5) is 6.18. The van der Waals surface area contributed by atoms with Gasteiger partial charge in [0.1, 0.15) is 0 Å². The molecule has 0 radical (unpaired) electrons. The van der Waals surface area contributed by atoms with Gasteiger partial charge in [-0.2, -0.15) is 0 Å². The zero-order chi connectivity index (χ0) is 12.0. The molecule has 1 rings (SSSR count). The molecule has 0 saturated carbocycles. The van der Waals surface area contributed by atoms with Gasteiger partial charge in [-0.1, -0.05) is 6.92 Å². The van der Waals surface area contributed by atoms with Crippen molar-refractivity contribution in [1.82, 2.24) is 9.80 Å². The molecule has 1 aromatic heterocycles. The van der Waals surface area contributed by atoms with Crippen molar-refractivity contribution in [3.8, 4) is 0 Å². The van der Waals surface area contributed by atoms with E-state index in [0.29, 0.717) is 0 Å². The van der Waals surface area contributed by atoms with E-state index < -0.39 is 0 Å². The predicted octanol–water partition coefficient (Wildman–Crippen LogP) is 3.28. The van der Waals surface area contributed by atoms with Crippen molar-refractivity contribution in [2.45, 2.75) is 19.9 Å². The zero-order valence-corrected chi connectivity index (χ0v) is 12.8. The number of hydrogen-bond donors (Lipinski definition) is 0. The number of rotatable bonds is 7. The van der Waals surface area contributed by atoms with Crippen LogP contribution in [0.5, 0.6) is 0 Å². The van der Waals surface area contributed by atoms with E-state index in [1.165, 1.54) is 28.9 Å². The van der Waals surface area contributed by atoms with Gasteiger partial charge in [-0.05, 0) is 67.5 Å². The van der Waals surface area contributed by atoms with E-state index in [2.05, 4.69) is 58.2 Å². The molecule has 0 aliphatic carbocycles. The van der Waals surface area contributed by atoms with E-state index in [-0.39, 0.29) is 0 Å². The molecule has 0 bridgehead atoms. The van der Waals surface area contributed by atoms with E-state index in [1.807, 2.05) is 11.3 Å². The molecule has 0 N–H and O–H groups in total. The minimum Gasteiger partial charge on any atom is -0.309 e. The van der Waals surface area contributed by atoms with Crippen molar-refractivity contribution >= 4 is 27.3 Å². The van der Waals surface area contributed by atoms with Gasteiger partial charge in [-0.3, -0.25) is 4.90 Å². The second kappa shape index (κ2) is 7.43. The van der Waals surface area contributed by atoms with Crippen LogP contribution in [0.4, 0.5) is 0 Å². The Morgan fingerprint density at radius 1 is 1.31 bits per heavy atom. The third-order valence-electron chi connectivity index (χ3n) is 2.59. The summed E-state index contributed by atoms with van der Waals surface area (Å²) in [6.45, 7) is 6.78. The van der Waals surface area contributed by atoms with Gasteiger partial charge in [-0.15, -0.1) is 11.3 Å². The molecule has 1 heterocycles. The van der Waals surface area contributed by atoms with Crippen molar-refractivity contribution in [2.24, 2.45) is 0 Å². The summed E-state index contributed by atoms with van der Waals surface area (Å²) in [5, 5.41) is 2.15. The Bertz CT molecular complexity index is 299. The fourth-order valence-corrected chi connectivity index (χ4v) is 3.12. The fraction of sp³-hybridized carbons (Fsp3) is 0.667. The number of thiophene rings is 1. The van der Waals surface area contributed by atoms with Crippen LogP contribution in [0.2, 0.25) is 0 Å². The van der Waals surface area contributed by atoms with Gasteiger partial charge in [0.15, 0.2) is 0 Å². The Morgan fingerprint density at radius 2 is 2.06 bits per heavy atom. The summed E-state index contributed by atoms with van der Waals surface area (Å²) < 4.78 is 1.25. The molecule has 92 valence electrons. The maximum Gasteiger partial charge on any atom is 0.0339 e. The average Bonchev–Trinajstić information content (AvgIpc) is 2.62. The lowest BCUT2D eigenvalue weighted by atomic mass is 10.3. The quantitative estimate of drug-likeness (QED) is 0.763. The van der Waals surface area contributed by atoms with Crippen molar-refractivity contribution in [1.29, 1.82) is 0 Å². The predicted molar refractivity (Wildman–Crippen MR) is 76.1 cm³/mol. The normalized spacial score (nSPS) is 11.6. The zero-order valence-electron chi connectivity index (χ0n) is 10.4. The first-order valence-electron chi connectivity index (χ1n) is 5.72. The molecule has 0 aliphatic heterocycles. The Hall–Kier alpha value is 0.100. The largest absolute Gasteiger partial charge is 0.309 e. The highest BCUT2D eigenvalue weighted by Gasteiger charge is 2.07. The van der Waals surface area contributed by atoms with Gasteiger partial charge >= 0.3 is 0 Å². The number of nitrogens with zero attached hydrogens (tertiary/aromatic N) is 2. The number of hydrogen-bond acceptors (Lipinski definition) is 3. The average molecular weight is 305 g/mol. The van der Waals surface area contributed by atoms with Crippen LogP contribution in [0.1, 0.15) is 18.2 Å². The van der Waals surface area contributed by atoms with Gasteiger partial charge in [-0.25, -0.2) is 0 Å². The molecule has 0 spiro atoms. The molecule has 0 unspecified atom stereocenters. The lowest BCUT2D eigenvalue weighted by molar-refractivity contribution is 0.261. The van der Waals surface area contributed by atoms with Crippen LogP contribution in [0.15, 0.2) is 15.9 Å². The molecule has 0 aliphatic rings. The summed E-state index contributed by atoms with van der Waals surface area (Å²) in [7, 11) is 4.26. The summed E-state index contributed by atoms with van der Waals surface area (Å²) in [5.74, 6) is 0. The molecule has 0 fully saturated rings. The first kappa shape index (κ1) is 14.2. The second-order valence-electron chi connectivity index (χ2n) is 4.22. The Balaban J connectivity index is 2.35. The third kappa shape index (κ3) is 4.95. The van der Waals surface area contributed by atoms with Crippen molar-refractivity contribution < 1.29 is 0 Å². The van der Waals surface area contributed by atoms with Gasteiger partial charge in [0.05, 0.1) is 0 Å². The van der Waals surface area contributed by atoms with Crippen molar-refractivity contribution in [3.05, 3.63) is 20.8 Å². The molecule has 2 nitrogen and oxygen atoms in total. The smallest absolute Gasteiger partial charge is 0.0339 e. The van der Waals surface area contributed by atoms with Gasteiger partial charge in [0.25, 0.3) is 0 Å². The Morgan fingerprint density at radius 3 is 2.56 bits per heavy atom. The van der Waals surface area contributed by atoms with E-state index in [4.69, 9.17) is 0 Å². The first-order valence-corrected chi connectivity index (χ1v) is 7.39. The van der Waals surface area contributed by atoms with Gasteiger partial charge in [0, 0.05) is 15.9 Å². The summed E-state index contributed by atoms with van der Waals surface area (Å²) in [6.07, 6.45) is 1.24. The molecule has 16 heavy (non-hydrogen) atoms. The fourth-order valence-electron chi connectivity index (χ4n) is 1.60. The van der Waals surface area contributed by atoms with E-state index in [1.54, 1.807) is 0 Å². The summed E-state index contributed by atoms with van der Waals surface area (Å²) in [5.41, 5.74) is 0. The van der Waals surface area contributed by atoms with E-state index in [0.717, 1.165) is 13.1 Å². The maximum atomic E-state index is 3.59. The maximum absolute atomic E-state index is 3.59. The van der Waals surface area contributed by atoms with Crippen molar-refractivity contribution in [3.63, 3.8) is 0 Å². The van der Waals surface area contributed by atoms with Crippen molar-refractivity contribution in [2.75, 3.05) is 33.7 Å². The van der Waals surface area contributed by atoms with Crippen LogP contribution in [0, 0.1) is 0 Å². The summed E-state index contributed by atoms with van der Waals surface area (Å²) >= 11 is 5.42. The SMILES string of the molecule is CCN(CCCN(C)C)Cc1sccc1Br. The highest BCUT2D eigenvalue weighted by atomic mass is 79.9. The molecule has 0 atom stereocenters. The topological polar surface area (TPSA) is 6.48 Å². The third-order valence-corrected chi connectivity index (χ3v) is 4.50. The monoisotopic (exact) mass is 304 g/mol. The number of halogens is 1. The van der Waals surface area contributed by atoms with Crippen LogP contribution < -0.4 is 0 Å². The van der Waals surface area contributed by atoms with Crippen LogP contribution in [-0.2, 0) is 6.54 Å². The first-order chi connectivity index (χ1) is 7.63. The highest BCUT2D eigenvalue weighted by Crippen LogP contribution is 2.24. The van der Waals surface area contributed by atoms with Crippen LogP contribution in [-0.4, -0.2) is 43.5 Å². The van der Waals surface area contributed by atoms with Crippen LogP contribution in [0.3, 0.4) is 0 Å². The summed E-state index contributed by atoms with van der Waals surface area (Å²) in [6, 6.07) is 2.13. The van der Waals surface area contributed by atoms with Gasteiger partial charge < -0.3 is 4.90 Å². The molecule has 0 amide bonds. The Labute approximate surface area is 111 Å². The minimum absolute atomic E-state index is 1.07. The lowest BCUT2D eigenvalue weighted by Crippen LogP contribution is -2.26. The molecular weight excluding hydrogens is 284 g/mol. The minimum atomic E-state index is 1.07. The molecule has 4 heteroatoms. The van der Waals surface area contributed by atoms with Gasteiger partial charge in [0.2, 0.25) is 0 Å². The van der Waals surface area contributed by atoms with E-state index in [9.17, 15) is 0 Å². The van der Waals surface area contributed by atoms with Crippen LogP contribution in [0.25, 0.3) is 0 Å². The molecular formula is C12H21BrN2S. The molecule has 1 aromatic rings. The molecule has 0 aromatic carbocycles. The Kier molecular flexibility index (Phi) is 6.58. The van der Waals surface area contributed by atoms with Crippen LogP contribution >= 0.6 is 27.3 Å². The second-order valence-corrected chi connectivity index (χ2v) is 6.07. The highest BCUT2D eigenvalue weighted by molar-refractivity contribution is 9.10. The molecule has 0 saturated heterocycles.